The molecule has 1 atom stereocenters. The van der Waals surface area contributed by atoms with Crippen molar-refractivity contribution in [1.29, 1.82) is 0 Å². The molecule has 0 radical (unpaired) electrons. The van der Waals surface area contributed by atoms with Gasteiger partial charge in [-0.25, -0.2) is 27.9 Å². The summed E-state index contributed by atoms with van der Waals surface area (Å²) >= 11 is 0. The number of carbonyl (C=O) groups excluding carboxylic acids is 1. The third kappa shape index (κ3) is 7.44. The van der Waals surface area contributed by atoms with E-state index in [9.17, 15) is 22.8 Å². The molecule has 10 nitrogen and oxygen atoms in total. The van der Waals surface area contributed by atoms with Crippen LogP contribution in [0.4, 0.5) is 32.6 Å². The molecule has 1 saturated heterocycles. The maximum absolute atomic E-state index is 16.2. The standard InChI is InChI=1S/C34H37F5N6O4/c1-18(2)26-28(19(3)11-12-40-26)45-30-21(15-23(36)27(41-30)25-22(35)9-8-10-24(25)48-17-34(37,38)39)29(42-31(45)46)44-14-13-43(16-20(44)4)32(47)49-33(5,6)7/h8-12,15,18,20H,13-14,16-17H2,1-7H3/t20-/m0/s1. The summed E-state index contributed by atoms with van der Waals surface area (Å²) < 4.78 is 82.4. The van der Waals surface area contributed by atoms with Gasteiger partial charge < -0.3 is 19.3 Å². The van der Waals surface area contributed by atoms with Crippen molar-refractivity contribution in [2.75, 3.05) is 31.1 Å². The number of benzene rings is 1. The first-order valence-corrected chi connectivity index (χ1v) is 15.7. The van der Waals surface area contributed by atoms with Crippen molar-refractivity contribution in [2.45, 2.75) is 72.2 Å². The Labute approximate surface area is 279 Å². The molecule has 1 aliphatic heterocycles. The van der Waals surface area contributed by atoms with Gasteiger partial charge in [-0.15, -0.1) is 0 Å². The number of alkyl halides is 3. The van der Waals surface area contributed by atoms with E-state index in [1.807, 2.05) is 13.8 Å². The summed E-state index contributed by atoms with van der Waals surface area (Å²) in [7, 11) is 0. The van der Waals surface area contributed by atoms with Gasteiger partial charge in [-0.05, 0) is 70.4 Å². The predicted molar refractivity (Wildman–Crippen MR) is 173 cm³/mol. The van der Waals surface area contributed by atoms with Crippen LogP contribution < -0.4 is 15.3 Å². The van der Waals surface area contributed by atoms with Crippen LogP contribution in [-0.2, 0) is 4.74 Å². The third-order valence-corrected chi connectivity index (χ3v) is 7.88. The van der Waals surface area contributed by atoms with E-state index >= 15 is 8.78 Å². The highest BCUT2D eigenvalue weighted by atomic mass is 19.4. The monoisotopic (exact) mass is 688 g/mol. The fourth-order valence-electron chi connectivity index (χ4n) is 5.76. The fraction of sp³-hybridized carbons (Fsp3) is 0.441. The maximum Gasteiger partial charge on any atom is 0.422 e. The fourth-order valence-corrected chi connectivity index (χ4v) is 5.76. The predicted octanol–water partition coefficient (Wildman–Crippen LogP) is 6.94. The zero-order valence-electron chi connectivity index (χ0n) is 28.2. The number of nitrogens with zero attached hydrogens (tertiary/aromatic N) is 6. The molecule has 4 aromatic rings. The second kappa shape index (κ2) is 13.2. The highest BCUT2D eigenvalue weighted by Crippen LogP contribution is 2.38. The van der Waals surface area contributed by atoms with E-state index in [4.69, 9.17) is 9.47 Å². The summed E-state index contributed by atoms with van der Waals surface area (Å²) in [6, 6.07) is 5.44. The molecular formula is C34H37F5N6O4. The molecular weight excluding hydrogens is 651 g/mol. The highest BCUT2D eigenvalue weighted by Gasteiger charge is 2.34. The van der Waals surface area contributed by atoms with Crippen molar-refractivity contribution in [3.63, 3.8) is 0 Å². The molecule has 5 rings (SSSR count). The summed E-state index contributed by atoms with van der Waals surface area (Å²) in [6.07, 6.45) is -3.68. The van der Waals surface area contributed by atoms with Crippen LogP contribution in [0.1, 0.15) is 58.7 Å². The van der Waals surface area contributed by atoms with Crippen molar-refractivity contribution in [1.82, 2.24) is 24.4 Å². The molecule has 3 aromatic heterocycles. The van der Waals surface area contributed by atoms with Crippen LogP contribution >= 0.6 is 0 Å². The molecule has 1 amide bonds. The summed E-state index contributed by atoms with van der Waals surface area (Å²) in [5.41, 5.74) is -1.49. The number of rotatable bonds is 6. The number of hydrogen-bond acceptors (Lipinski definition) is 8. The van der Waals surface area contributed by atoms with Crippen LogP contribution in [0.25, 0.3) is 28.0 Å². The molecule has 1 aromatic carbocycles. The van der Waals surface area contributed by atoms with E-state index in [0.29, 0.717) is 16.9 Å². The molecule has 0 saturated carbocycles. The Morgan fingerprint density at radius 1 is 1.06 bits per heavy atom. The summed E-state index contributed by atoms with van der Waals surface area (Å²) in [6.45, 7) is 11.4. The van der Waals surface area contributed by atoms with Gasteiger partial charge >= 0.3 is 18.0 Å². The number of fused-ring (bicyclic) bond motifs is 1. The molecule has 0 N–H and O–H groups in total. The van der Waals surface area contributed by atoms with Crippen LogP contribution in [0.15, 0.2) is 41.3 Å². The summed E-state index contributed by atoms with van der Waals surface area (Å²) in [5, 5.41) is 0.0745. The first kappa shape index (κ1) is 35.5. The Hall–Kier alpha value is -4.82. The van der Waals surface area contributed by atoms with Crippen molar-refractivity contribution in [2.24, 2.45) is 0 Å². The minimum Gasteiger partial charge on any atom is -0.483 e. The minimum atomic E-state index is -4.75. The molecule has 0 bridgehead atoms. The lowest BCUT2D eigenvalue weighted by atomic mass is 10.0. The largest absolute Gasteiger partial charge is 0.483 e. The number of piperazine rings is 1. The highest BCUT2D eigenvalue weighted by molar-refractivity contribution is 5.91. The van der Waals surface area contributed by atoms with Crippen molar-refractivity contribution >= 4 is 22.9 Å². The Morgan fingerprint density at radius 3 is 2.41 bits per heavy atom. The molecule has 0 aliphatic carbocycles. The quantitative estimate of drug-likeness (QED) is 0.201. The molecule has 4 heterocycles. The number of pyridine rings is 2. The number of aryl methyl sites for hydroxylation is 1. The van der Waals surface area contributed by atoms with Crippen LogP contribution in [-0.4, -0.2) is 74.6 Å². The van der Waals surface area contributed by atoms with Gasteiger partial charge in [-0.1, -0.05) is 19.9 Å². The van der Waals surface area contributed by atoms with E-state index in [1.54, 1.807) is 51.8 Å². The van der Waals surface area contributed by atoms with Crippen LogP contribution in [0.3, 0.4) is 0 Å². The van der Waals surface area contributed by atoms with E-state index in [2.05, 4.69) is 15.0 Å². The Morgan fingerprint density at radius 2 is 1.78 bits per heavy atom. The first-order chi connectivity index (χ1) is 22.9. The average molecular weight is 689 g/mol. The van der Waals surface area contributed by atoms with Gasteiger partial charge in [0.05, 0.1) is 22.3 Å². The van der Waals surface area contributed by atoms with Gasteiger partial charge in [0, 0.05) is 31.9 Å². The topological polar surface area (TPSA) is 103 Å². The lowest BCUT2D eigenvalue weighted by molar-refractivity contribution is -0.153. The maximum atomic E-state index is 16.2. The smallest absolute Gasteiger partial charge is 0.422 e. The van der Waals surface area contributed by atoms with Gasteiger partial charge in [0.1, 0.15) is 28.7 Å². The molecule has 1 aliphatic rings. The van der Waals surface area contributed by atoms with Crippen LogP contribution in [0.2, 0.25) is 0 Å². The summed E-state index contributed by atoms with van der Waals surface area (Å²) in [4.78, 5) is 43.5. The number of ether oxygens (including phenoxy) is 2. The third-order valence-electron chi connectivity index (χ3n) is 7.88. The Balaban J connectivity index is 1.75. The lowest BCUT2D eigenvalue weighted by Crippen LogP contribution is -2.55. The molecule has 262 valence electrons. The SMILES string of the molecule is Cc1ccnc(C(C)C)c1-n1c(=O)nc(N2CCN(C(=O)OC(C)(C)C)C[C@@H]2C)c2cc(F)c(-c3c(F)cccc3OCC(F)(F)F)nc21. The van der Waals surface area contributed by atoms with Crippen LogP contribution in [0.5, 0.6) is 5.75 Å². The average Bonchev–Trinajstić information content (AvgIpc) is 2.99. The minimum absolute atomic E-state index is 0.0697. The first-order valence-electron chi connectivity index (χ1n) is 15.7. The lowest BCUT2D eigenvalue weighted by Gasteiger charge is -2.41. The Kier molecular flexibility index (Phi) is 9.59. The van der Waals surface area contributed by atoms with Crippen molar-refractivity contribution in [3.05, 3.63) is 69.9 Å². The van der Waals surface area contributed by atoms with Gasteiger partial charge in [0.25, 0.3) is 0 Å². The molecule has 49 heavy (non-hydrogen) atoms. The van der Waals surface area contributed by atoms with E-state index in [-0.39, 0.29) is 42.4 Å². The van der Waals surface area contributed by atoms with Gasteiger partial charge in [-0.3, -0.25) is 4.98 Å². The zero-order chi connectivity index (χ0) is 36.0. The molecule has 0 unspecified atom stereocenters. The van der Waals surface area contributed by atoms with E-state index in [1.165, 1.54) is 4.90 Å². The number of carbonyl (C=O) groups is 1. The Bertz CT molecular complexity index is 1960. The normalized spacial score (nSPS) is 15.7. The van der Waals surface area contributed by atoms with E-state index in [0.717, 1.165) is 28.8 Å². The number of halogens is 5. The van der Waals surface area contributed by atoms with E-state index < -0.39 is 64.9 Å². The van der Waals surface area contributed by atoms with Crippen molar-refractivity contribution in [3.8, 4) is 22.7 Å². The second-order valence-electron chi connectivity index (χ2n) is 13.2. The zero-order valence-corrected chi connectivity index (χ0v) is 28.2. The van der Waals surface area contributed by atoms with Gasteiger partial charge in [0.15, 0.2) is 18.1 Å². The number of hydrogen-bond donors (Lipinski definition) is 0. The molecule has 0 spiro atoms. The summed E-state index contributed by atoms with van der Waals surface area (Å²) in [5.74, 6) is -2.87. The van der Waals surface area contributed by atoms with Gasteiger partial charge in [-0.2, -0.15) is 18.2 Å². The number of aromatic nitrogens is 4. The van der Waals surface area contributed by atoms with Gasteiger partial charge in [0.2, 0.25) is 0 Å². The van der Waals surface area contributed by atoms with Crippen molar-refractivity contribution < 1.29 is 36.2 Å². The molecule has 1 fully saturated rings. The molecule has 15 heteroatoms. The van der Waals surface area contributed by atoms with Crippen LogP contribution in [0, 0.1) is 18.6 Å². The second-order valence-corrected chi connectivity index (χ2v) is 13.2. The number of amides is 1. The number of anilines is 1.